The molecule has 0 saturated carbocycles. The molecule has 2 aromatic rings. The van der Waals surface area contributed by atoms with E-state index < -0.39 is 0 Å². The number of nitrogens with zero attached hydrogens (tertiary/aromatic N) is 4. The Kier molecular flexibility index (Phi) is 3.08. The maximum atomic E-state index is 4.26. The molecule has 0 bridgehead atoms. The molecule has 15 heavy (non-hydrogen) atoms. The molecule has 80 valence electrons. The lowest BCUT2D eigenvalue weighted by atomic mass is 10.3. The van der Waals surface area contributed by atoms with Crippen LogP contribution in [0.2, 0.25) is 0 Å². The lowest BCUT2D eigenvalue weighted by molar-refractivity contribution is 0.544. The summed E-state index contributed by atoms with van der Waals surface area (Å²) in [5.74, 6) is 0. The first-order valence-electron chi connectivity index (χ1n) is 4.73. The summed E-state index contributed by atoms with van der Waals surface area (Å²) in [6.07, 6.45) is 3.59. The van der Waals surface area contributed by atoms with Crippen molar-refractivity contribution >= 4 is 11.3 Å². The number of hydrogen-bond donors (Lipinski definition) is 1. The molecule has 1 unspecified atom stereocenters. The van der Waals surface area contributed by atoms with Crippen molar-refractivity contribution in [2.24, 2.45) is 7.05 Å². The van der Waals surface area contributed by atoms with Gasteiger partial charge >= 0.3 is 0 Å². The summed E-state index contributed by atoms with van der Waals surface area (Å²) < 4.78 is 1.77. The summed E-state index contributed by atoms with van der Waals surface area (Å²) in [6, 6.07) is 0.264. The molecule has 0 amide bonds. The van der Waals surface area contributed by atoms with Crippen molar-refractivity contribution in [1.29, 1.82) is 0 Å². The molecule has 0 aromatic carbocycles. The van der Waals surface area contributed by atoms with Crippen LogP contribution in [-0.4, -0.2) is 20.0 Å². The highest BCUT2D eigenvalue weighted by Crippen LogP contribution is 2.14. The van der Waals surface area contributed by atoms with Crippen LogP contribution in [-0.2, 0) is 13.6 Å². The molecule has 2 aromatic heterocycles. The van der Waals surface area contributed by atoms with Gasteiger partial charge in [0.15, 0.2) is 0 Å². The quantitative estimate of drug-likeness (QED) is 0.844. The summed E-state index contributed by atoms with van der Waals surface area (Å²) in [5, 5.41) is 14.2. The Hall–Kier alpha value is -1.27. The summed E-state index contributed by atoms with van der Waals surface area (Å²) in [5.41, 5.74) is 1.07. The topological polar surface area (TPSA) is 55.6 Å². The molecule has 0 radical (unpaired) electrons. The lowest BCUT2D eigenvalue weighted by Gasteiger charge is -2.10. The van der Waals surface area contributed by atoms with Crippen LogP contribution in [0.1, 0.15) is 23.7 Å². The molecule has 0 spiro atoms. The van der Waals surface area contributed by atoms with Gasteiger partial charge < -0.3 is 5.32 Å². The molecule has 1 atom stereocenters. The molecular weight excluding hydrogens is 210 g/mol. The number of hydrogen-bond acceptors (Lipinski definition) is 5. The maximum absolute atomic E-state index is 4.26. The van der Waals surface area contributed by atoms with Crippen LogP contribution in [0.4, 0.5) is 0 Å². The predicted molar refractivity (Wildman–Crippen MR) is 58.4 cm³/mol. The van der Waals surface area contributed by atoms with E-state index in [1.165, 1.54) is 0 Å². The monoisotopic (exact) mass is 223 g/mol. The van der Waals surface area contributed by atoms with Crippen LogP contribution in [0.25, 0.3) is 0 Å². The minimum absolute atomic E-state index is 0.264. The van der Waals surface area contributed by atoms with Gasteiger partial charge in [0.2, 0.25) is 0 Å². The Morgan fingerprint density at radius 3 is 3.07 bits per heavy atom. The number of aryl methyl sites for hydroxylation is 1. The van der Waals surface area contributed by atoms with Gasteiger partial charge in [0, 0.05) is 25.2 Å². The van der Waals surface area contributed by atoms with Gasteiger partial charge in [-0.3, -0.25) is 4.68 Å². The van der Waals surface area contributed by atoms with Gasteiger partial charge in [0.1, 0.15) is 5.01 Å². The SMILES string of the molecule is CC(NCc1cnnn1C)c1nccs1. The molecule has 0 saturated heterocycles. The standard InChI is InChI=1S/C9H13N5S/c1-7(9-10-3-4-15-9)11-5-8-6-12-13-14(8)2/h3-4,6-7,11H,5H2,1-2H3. The minimum Gasteiger partial charge on any atom is -0.302 e. The Bertz CT molecular complexity index is 408. The van der Waals surface area contributed by atoms with E-state index in [-0.39, 0.29) is 6.04 Å². The molecule has 2 heterocycles. The summed E-state index contributed by atoms with van der Waals surface area (Å²) in [7, 11) is 1.89. The Balaban J connectivity index is 1.91. The second-order valence-corrected chi connectivity index (χ2v) is 4.25. The van der Waals surface area contributed by atoms with Crippen LogP contribution >= 0.6 is 11.3 Å². The third-order valence-corrected chi connectivity index (χ3v) is 3.18. The Labute approximate surface area is 92.2 Å². The van der Waals surface area contributed by atoms with Gasteiger partial charge in [-0.25, -0.2) is 4.98 Å². The zero-order valence-corrected chi connectivity index (χ0v) is 9.53. The highest BCUT2D eigenvalue weighted by Gasteiger charge is 2.08. The first kappa shape index (κ1) is 10.3. The van der Waals surface area contributed by atoms with Crippen molar-refractivity contribution in [1.82, 2.24) is 25.3 Å². The third kappa shape index (κ3) is 2.40. The molecule has 0 aliphatic carbocycles. The first-order valence-corrected chi connectivity index (χ1v) is 5.61. The number of nitrogens with one attached hydrogen (secondary N) is 1. The third-order valence-electron chi connectivity index (χ3n) is 2.22. The van der Waals surface area contributed by atoms with E-state index in [2.05, 4.69) is 27.5 Å². The van der Waals surface area contributed by atoms with Crippen LogP contribution in [0.15, 0.2) is 17.8 Å². The molecular formula is C9H13N5S. The zero-order chi connectivity index (χ0) is 10.7. The summed E-state index contributed by atoms with van der Waals surface area (Å²) >= 11 is 1.66. The largest absolute Gasteiger partial charge is 0.302 e. The fourth-order valence-corrected chi connectivity index (χ4v) is 1.93. The van der Waals surface area contributed by atoms with Crippen LogP contribution in [0.3, 0.4) is 0 Å². The smallest absolute Gasteiger partial charge is 0.109 e. The number of rotatable bonds is 4. The van der Waals surface area contributed by atoms with E-state index in [0.29, 0.717) is 0 Å². The molecule has 1 N–H and O–H groups in total. The van der Waals surface area contributed by atoms with Crippen molar-refractivity contribution in [3.8, 4) is 0 Å². The normalized spacial score (nSPS) is 12.9. The van der Waals surface area contributed by atoms with Gasteiger partial charge in [-0.1, -0.05) is 5.21 Å². The Morgan fingerprint density at radius 2 is 2.47 bits per heavy atom. The maximum Gasteiger partial charge on any atom is 0.109 e. The zero-order valence-electron chi connectivity index (χ0n) is 8.71. The highest BCUT2D eigenvalue weighted by molar-refractivity contribution is 7.09. The molecule has 5 nitrogen and oxygen atoms in total. The van der Waals surface area contributed by atoms with E-state index >= 15 is 0 Å². The molecule has 0 fully saturated rings. The average molecular weight is 223 g/mol. The van der Waals surface area contributed by atoms with Gasteiger partial charge in [-0.15, -0.1) is 16.4 Å². The number of thiazole rings is 1. The highest BCUT2D eigenvalue weighted by atomic mass is 32.1. The second kappa shape index (κ2) is 4.50. The van der Waals surface area contributed by atoms with Crippen molar-refractivity contribution in [2.75, 3.05) is 0 Å². The summed E-state index contributed by atoms with van der Waals surface area (Å²) in [4.78, 5) is 4.26. The molecule has 0 aliphatic rings. The fourth-order valence-electron chi connectivity index (χ4n) is 1.26. The van der Waals surface area contributed by atoms with E-state index in [9.17, 15) is 0 Å². The number of aromatic nitrogens is 4. The molecule has 6 heteroatoms. The summed E-state index contributed by atoms with van der Waals surface area (Å²) in [6.45, 7) is 2.85. The first-order chi connectivity index (χ1) is 7.27. The van der Waals surface area contributed by atoms with Gasteiger partial charge in [-0.05, 0) is 6.92 Å². The lowest BCUT2D eigenvalue weighted by Crippen LogP contribution is -2.19. The van der Waals surface area contributed by atoms with Crippen molar-refractivity contribution in [3.05, 3.63) is 28.5 Å². The van der Waals surface area contributed by atoms with Crippen LogP contribution in [0.5, 0.6) is 0 Å². The fraction of sp³-hybridized carbons (Fsp3) is 0.444. The van der Waals surface area contributed by atoms with Gasteiger partial charge in [0.25, 0.3) is 0 Å². The van der Waals surface area contributed by atoms with Crippen LogP contribution in [0, 0.1) is 0 Å². The van der Waals surface area contributed by atoms with Crippen molar-refractivity contribution in [3.63, 3.8) is 0 Å². The van der Waals surface area contributed by atoms with Crippen molar-refractivity contribution in [2.45, 2.75) is 19.5 Å². The van der Waals surface area contributed by atoms with E-state index in [1.54, 1.807) is 22.2 Å². The second-order valence-electron chi connectivity index (χ2n) is 3.32. The van der Waals surface area contributed by atoms with Gasteiger partial charge in [0.05, 0.1) is 17.9 Å². The molecule has 2 rings (SSSR count). The predicted octanol–water partition coefficient (Wildman–Crippen LogP) is 1.12. The Morgan fingerprint density at radius 1 is 1.60 bits per heavy atom. The van der Waals surface area contributed by atoms with E-state index in [0.717, 1.165) is 17.2 Å². The average Bonchev–Trinajstić information content (AvgIpc) is 2.85. The van der Waals surface area contributed by atoms with E-state index in [1.807, 2.05) is 18.6 Å². The van der Waals surface area contributed by atoms with E-state index in [4.69, 9.17) is 0 Å². The van der Waals surface area contributed by atoms with Crippen LogP contribution < -0.4 is 5.32 Å². The molecule has 0 aliphatic heterocycles. The van der Waals surface area contributed by atoms with Gasteiger partial charge in [-0.2, -0.15) is 0 Å². The minimum atomic E-state index is 0.264. The van der Waals surface area contributed by atoms with Crippen molar-refractivity contribution < 1.29 is 0 Å².